The standard InChI is InChI=1S/C17H22FN5O2S/c1-17(3-5-23(6-4-17)26(2)25)12(9-19)16-21-13-8-10(18)7-11(15(20)24)14(13)22-16/h7-9H,3-6,19H2,1-2H3,(H2,20,24)(H,21,22). The number of hydrogen-bond acceptors (Lipinski definition) is 5. The van der Waals surface area contributed by atoms with Crippen LogP contribution in [0.3, 0.4) is 0 Å². The van der Waals surface area contributed by atoms with Gasteiger partial charge in [-0.3, -0.25) is 4.79 Å². The largest absolute Gasteiger partial charge is 0.598 e. The molecule has 0 saturated carbocycles. The number of nitrogens with two attached hydrogens (primary N) is 2. The number of halogens is 1. The molecule has 1 saturated heterocycles. The molecular weight excluding hydrogens is 357 g/mol. The van der Waals surface area contributed by atoms with Gasteiger partial charge in [0.2, 0.25) is 0 Å². The van der Waals surface area contributed by atoms with Crippen LogP contribution >= 0.6 is 0 Å². The Morgan fingerprint density at radius 2 is 2.12 bits per heavy atom. The number of H-pyrrole nitrogens is 1. The van der Waals surface area contributed by atoms with Crippen molar-refractivity contribution in [1.82, 2.24) is 14.3 Å². The van der Waals surface area contributed by atoms with Crippen molar-refractivity contribution in [3.8, 4) is 0 Å². The van der Waals surface area contributed by atoms with E-state index in [2.05, 4.69) is 16.9 Å². The molecule has 0 bridgehead atoms. The fraction of sp³-hybridized carbons (Fsp3) is 0.412. The summed E-state index contributed by atoms with van der Waals surface area (Å²) in [7, 11) is 0. The lowest BCUT2D eigenvalue weighted by molar-refractivity contribution is 0.100. The van der Waals surface area contributed by atoms with Crippen molar-refractivity contribution >= 4 is 33.9 Å². The Morgan fingerprint density at radius 1 is 1.46 bits per heavy atom. The number of allylic oxidation sites excluding steroid dienone is 1. The van der Waals surface area contributed by atoms with Crippen LogP contribution in [0.1, 0.15) is 35.9 Å². The van der Waals surface area contributed by atoms with Gasteiger partial charge < -0.3 is 21.0 Å². The number of nitrogens with zero attached hydrogens (tertiary/aromatic N) is 2. The van der Waals surface area contributed by atoms with Gasteiger partial charge in [0, 0.05) is 41.6 Å². The third kappa shape index (κ3) is 3.29. The summed E-state index contributed by atoms with van der Waals surface area (Å²) < 4.78 is 27.4. The van der Waals surface area contributed by atoms with E-state index in [0.717, 1.165) is 24.5 Å². The first kappa shape index (κ1) is 18.7. The molecule has 140 valence electrons. The van der Waals surface area contributed by atoms with Gasteiger partial charge in [0.15, 0.2) is 0 Å². The van der Waals surface area contributed by atoms with E-state index < -0.39 is 23.1 Å². The van der Waals surface area contributed by atoms with Gasteiger partial charge in [-0.25, -0.2) is 9.37 Å². The van der Waals surface area contributed by atoms with Crippen LogP contribution in [0.15, 0.2) is 18.3 Å². The smallest absolute Gasteiger partial charge is 0.251 e. The maximum absolute atomic E-state index is 13.8. The van der Waals surface area contributed by atoms with Gasteiger partial charge in [0.25, 0.3) is 5.91 Å². The number of benzene rings is 1. The Balaban J connectivity index is 1.99. The number of hydrogen-bond donors (Lipinski definition) is 3. The molecule has 1 unspecified atom stereocenters. The average molecular weight is 379 g/mol. The van der Waals surface area contributed by atoms with Gasteiger partial charge in [-0.1, -0.05) is 6.92 Å². The maximum Gasteiger partial charge on any atom is 0.251 e. The van der Waals surface area contributed by atoms with E-state index in [1.165, 1.54) is 12.3 Å². The van der Waals surface area contributed by atoms with Crippen molar-refractivity contribution in [2.45, 2.75) is 19.8 Å². The van der Waals surface area contributed by atoms with E-state index in [0.29, 0.717) is 29.9 Å². The number of rotatable bonds is 4. The second-order valence-electron chi connectivity index (χ2n) is 6.79. The molecule has 7 nitrogen and oxygen atoms in total. The number of aromatic nitrogens is 2. The van der Waals surface area contributed by atoms with Crippen LogP contribution in [0, 0.1) is 11.2 Å². The number of aromatic amines is 1. The molecule has 26 heavy (non-hydrogen) atoms. The SMILES string of the molecule is C[S+]([O-])N1CCC(C)(C(=CN)c2nc3c(C(N)=O)cc(F)cc3[nH]2)CC1. The van der Waals surface area contributed by atoms with Crippen molar-refractivity contribution in [3.05, 3.63) is 35.5 Å². The van der Waals surface area contributed by atoms with E-state index in [1.807, 2.05) is 4.31 Å². The van der Waals surface area contributed by atoms with Crippen molar-refractivity contribution < 1.29 is 13.7 Å². The lowest BCUT2D eigenvalue weighted by Gasteiger charge is -2.39. The number of fused-ring (bicyclic) bond motifs is 1. The first-order valence-electron chi connectivity index (χ1n) is 8.25. The lowest BCUT2D eigenvalue weighted by atomic mass is 9.74. The molecule has 1 atom stereocenters. The highest BCUT2D eigenvalue weighted by atomic mass is 32.2. The quantitative estimate of drug-likeness (QED) is 0.695. The normalized spacial score (nSPS) is 19.6. The summed E-state index contributed by atoms with van der Waals surface area (Å²) in [6.45, 7) is 3.43. The highest BCUT2D eigenvalue weighted by Crippen LogP contribution is 2.43. The molecule has 0 aliphatic carbocycles. The molecule has 1 aliphatic heterocycles. The molecule has 2 heterocycles. The molecule has 1 fully saturated rings. The second kappa shape index (κ2) is 6.90. The number of piperidine rings is 1. The molecule has 1 aromatic heterocycles. The lowest BCUT2D eigenvalue weighted by Crippen LogP contribution is -2.42. The summed E-state index contributed by atoms with van der Waals surface area (Å²) in [6, 6.07) is 2.36. The summed E-state index contributed by atoms with van der Waals surface area (Å²) in [5, 5.41) is 0. The second-order valence-corrected chi connectivity index (χ2v) is 8.16. The molecular formula is C17H22FN5O2S. The van der Waals surface area contributed by atoms with Crippen molar-refractivity contribution in [2.75, 3.05) is 19.3 Å². The van der Waals surface area contributed by atoms with E-state index in [4.69, 9.17) is 11.5 Å². The molecule has 5 N–H and O–H groups in total. The van der Waals surface area contributed by atoms with Crippen molar-refractivity contribution in [3.63, 3.8) is 0 Å². The minimum absolute atomic E-state index is 0.0280. The van der Waals surface area contributed by atoms with Crippen LogP contribution in [0.4, 0.5) is 4.39 Å². The highest BCUT2D eigenvalue weighted by Gasteiger charge is 2.38. The maximum atomic E-state index is 13.8. The number of primary amides is 1. The Hall–Kier alpha value is -2.10. The van der Waals surface area contributed by atoms with Gasteiger partial charge in [0.05, 0.1) is 11.1 Å². The molecule has 2 aromatic rings. The first-order chi connectivity index (χ1) is 12.2. The summed E-state index contributed by atoms with van der Waals surface area (Å²) >= 11 is -1.00. The number of nitrogens with one attached hydrogen (secondary N) is 1. The predicted molar refractivity (Wildman–Crippen MR) is 99.7 cm³/mol. The third-order valence-corrected chi connectivity index (χ3v) is 6.17. The fourth-order valence-electron chi connectivity index (χ4n) is 3.47. The molecule has 9 heteroatoms. The Kier molecular flexibility index (Phi) is 4.96. The number of carbonyl (C=O) groups is 1. The van der Waals surface area contributed by atoms with E-state index in [-0.39, 0.29) is 11.0 Å². The first-order valence-corrected chi connectivity index (χ1v) is 9.77. The van der Waals surface area contributed by atoms with Gasteiger partial charge in [-0.2, -0.15) is 0 Å². The van der Waals surface area contributed by atoms with Gasteiger partial charge in [-0.05, 0) is 25.0 Å². The zero-order chi connectivity index (χ0) is 19.1. The summed E-state index contributed by atoms with van der Waals surface area (Å²) in [5.74, 6) is -0.815. The Morgan fingerprint density at radius 3 is 2.65 bits per heavy atom. The number of carbonyl (C=O) groups excluding carboxylic acids is 1. The van der Waals surface area contributed by atoms with Crippen LogP contribution < -0.4 is 11.5 Å². The Bertz CT molecular complexity index is 871. The summed E-state index contributed by atoms with van der Waals surface area (Å²) in [6.07, 6.45) is 4.67. The van der Waals surface area contributed by atoms with Gasteiger partial charge in [-0.15, -0.1) is 4.31 Å². The third-order valence-electron chi connectivity index (χ3n) is 5.08. The Labute approximate surface area is 153 Å². The topological polar surface area (TPSA) is 124 Å². The number of amides is 1. The molecule has 0 radical (unpaired) electrons. The van der Waals surface area contributed by atoms with Crippen LogP contribution in [-0.4, -0.2) is 44.1 Å². The van der Waals surface area contributed by atoms with E-state index >= 15 is 0 Å². The van der Waals surface area contributed by atoms with Crippen LogP contribution in [0.25, 0.3) is 16.6 Å². The van der Waals surface area contributed by atoms with E-state index in [9.17, 15) is 13.7 Å². The van der Waals surface area contributed by atoms with Crippen LogP contribution in [-0.2, 0) is 11.4 Å². The summed E-state index contributed by atoms with van der Waals surface area (Å²) in [4.78, 5) is 19.1. The summed E-state index contributed by atoms with van der Waals surface area (Å²) in [5.41, 5.74) is 12.5. The molecule has 0 spiro atoms. The van der Waals surface area contributed by atoms with Crippen molar-refractivity contribution in [2.24, 2.45) is 16.9 Å². The minimum atomic E-state index is -1.00. The average Bonchev–Trinajstić information content (AvgIpc) is 2.97. The molecule has 1 aliphatic rings. The predicted octanol–water partition coefficient (Wildman–Crippen LogP) is 1.50. The molecule has 1 aromatic carbocycles. The molecule has 1 amide bonds. The van der Waals surface area contributed by atoms with Crippen LogP contribution in [0.5, 0.6) is 0 Å². The zero-order valence-electron chi connectivity index (χ0n) is 14.7. The number of imidazole rings is 1. The van der Waals surface area contributed by atoms with Gasteiger partial charge >= 0.3 is 0 Å². The van der Waals surface area contributed by atoms with Crippen LogP contribution in [0.2, 0.25) is 0 Å². The molecule has 3 rings (SSSR count). The monoisotopic (exact) mass is 379 g/mol. The zero-order valence-corrected chi connectivity index (χ0v) is 15.5. The van der Waals surface area contributed by atoms with E-state index in [1.54, 1.807) is 6.26 Å². The fourth-order valence-corrected chi connectivity index (χ4v) is 4.17. The van der Waals surface area contributed by atoms with Gasteiger partial charge in [0.1, 0.15) is 23.4 Å². The minimum Gasteiger partial charge on any atom is -0.598 e. The highest BCUT2D eigenvalue weighted by molar-refractivity contribution is 7.88. The van der Waals surface area contributed by atoms with Crippen molar-refractivity contribution in [1.29, 1.82) is 0 Å².